The summed E-state index contributed by atoms with van der Waals surface area (Å²) in [5.74, 6) is -3.93. The molecular weight excluding hydrogens is 371 g/mol. The number of anilines is 2. The molecule has 0 unspecified atom stereocenters. The van der Waals surface area contributed by atoms with Gasteiger partial charge in [0.15, 0.2) is 17.5 Å². The molecule has 1 amide bonds. The largest absolute Gasteiger partial charge is 0.497 e. The van der Waals surface area contributed by atoms with E-state index >= 15 is 0 Å². The third kappa shape index (κ3) is 4.40. The Bertz CT molecular complexity index is 994. The van der Waals surface area contributed by atoms with Crippen molar-refractivity contribution in [1.29, 1.82) is 0 Å². The molecule has 3 rings (SSSR count). The van der Waals surface area contributed by atoms with Gasteiger partial charge >= 0.3 is 0 Å². The maximum atomic E-state index is 13.8. The summed E-state index contributed by atoms with van der Waals surface area (Å²) in [6, 6.07) is 11.9. The first kappa shape index (κ1) is 19.2. The Morgan fingerprint density at radius 1 is 1.04 bits per heavy atom. The van der Waals surface area contributed by atoms with E-state index in [9.17, 15) is 18.0 Å². The number of ether oxygens (including phenoxy) is 1. The van der Waals surface area contributed by atoms with Gasteiger partial charge in [-0.2, -0.15) is 0 Å². The summed E-state index contributed by atoms with van der Waals surface area (Å²) in [4.78, 5) is 16.3. The molecule has 2 N–H and O–H groups in total. The van der Waals surface area contributed by atoms with Crippen LogP contribution < -0.4 is 15.4 Å². The Kier molecular flexibility index (Phi) is 5.78. The number of hydrogen-bond acceptors (Lipinski definition) is 4. The minimum atomic E-state index is -1.57. The Hall–Kier alpha value is -3.55. The number of nitrogens with zero attached hydrogens (tertiary/aromatic N) is 1. The molecule has 0 atom stereocenters. The van der Waals surface area contributed by atoms with Crippen LogP contribution in [0.3, 0.4) is 0 Å². The number of halogens is 3. The Labute approximate surface area is 159 Å². The van der Waals surface area contributed by atoms with Crippen LogP contribution in [0.2, 0.25) is 0 Å². The lowest BCUT2D eigenvalue weighted by Crippen LogP contribution is -2.23. The molecule has 0 radical (unpaired) electrons. The minimum Gasteiger partial charge on any atom is -0.497 e. The third-order valence-electron chi connectivity index (χ3n) is 3.92. The number of methoxy groups -OCH3 is 1. The summed E-state index contributed by atoms with van der Waals surface area (Å²) < 4.78 is 45.2. The number of nitrogens with one attached hydrogen (secondary N) is 2. The lowest BCUT2D eigenvalue weighted by atomic mass is 10.2. The van der Waals surface area contributed by atoms with Gasteiger partial charge in [0.25, 0.3) is 5.91 Å². The van der Waals surface area contributed by atoms with Gasteiger partial charge in [0.2, 0.25) is 0 Å². The molecular formula is C20H16F3N3O2. The van der Waals surface area contributed by atoms with Crippen molar-refractivity contribution in [3.8, 4) is 5.75 Å². The number of rotatable bonds is 6. The average molecular weight is 387 g/mol. The molecule has 3 aromatic rings. The van der Waals surface area contributed by atoms with Gasteiger partial charge < -0.3 is 15.4 Å². The maximum absolute atomic E-state index is 13.8. The second kappa shape index (κ2) is 8.43. The SMILES string of the molecule is COc1ccc(CNC(=O)c2cc(Nc3ccc(F)c(F)c3F)ccn2)cc1. The monoisotopic (exact) mass is 387 g/mol. The zero-order valence-electron chi connectivity index (χ0n) is 14.8. The van der Waals surface area contributed by atoms with E-state index in [0.29, 0.717) is 11.4 Å². The van der Waals surface area contributed by atoms with Gasteiger partial charge in [-0.25, -0.2) is 13.2 Å². The van der Waals surface area contributed by atoms with E-state index in [4.69, 9.17) is 4.74 Å². The molecule has 0 spiro atoms. The van der Waals surface area contributed by atoms with E-state index in [0.717, 1.165) is 17.7 Å². The standard InChI is InChI=1S/C20H16F3N3O2/c1-28-14-4-2-12(3-5-14)11-25-20(27)17-10-13(8-9-24-17)26-16-7-6-15(21)18(22)19(16)23/h2-10H,11H2,1H3,(H,24,26)(H,25,27). The molecule has 28 heavy (non-hydrogen) atoms. The van der Waals surface area contributed by atoms with Crippen LogP contribution in [-0.2, 0) is 6.54 Å². The van der Waals surface area contributed by atoms with Gasteiger partial charge in [-0.05, 0) is 42.0 Å². The van der Waals surface area contributed by atoms with Crippen LogP contribution in [0.1, 0.15) is 16.1 Å². The van der Waals surface area contributed by atoms with E-state index in [1.165, 1.54) is 18.3 Å². The summed E-state index contributed by atoms with van der Waals surface area (Å²) in [6.45, 7) is 0.278. The molecule has 0 fully saturated rings. The Morgan fingerprint density at radius 2 is 1.79 bits per heavy atom. The highest BCUT2D eigenvalue weighted by molar-refractivity contribution is 5.93. The van der Waals surface area contributed by atoms with Crippen molar-refractivity contribution < 1.29 is 22.7 Å². The molecule has 0 aliphatic rings. The highest BCUT2D eigenvalue weighted by Crippen LogP contribution is 2.23. The van der Waals surface area contributed by atoms with Crippen molar-refractivity contribution in [2.75, 3.05) is 12.4 Å². The first-order valence-electron chi connectivity index (χ1n) is 8.25. The average Bonchev–Trinajstić information content (AvgIpc) is 2.73. The highest BCUT2D eigenvalue weighted by Gasteiger charge is 2.14. The van der Waals surface area contributed by atoms with Crippen molar-refractivity contribution in [1.82, 2.24) is 10.3 Å². The van der Waals surface area contributed by atoms with Crippen molar-refractivity contribution in [2.24, 2.45) is 0 Å². The number of hydrogen-bond donors (Lipinski definition) is 2. The fourth-order valence-corrected chi connectivity index (χ4v) is 2.43. The van der Waals surface area contributed by atoms with E-state index in [1.807, 2.05) is 12.1 Å². The van der Waals surface area contributed by atoms with E-state index in [2.05, 4.69) is 15.6 Å². The zero-order chi connectivity index (χ0) is 20.1. The minimum absolute atomic E-state index is 0.0847. The maximum Gasteiger partial charge on any atom is 0.270 e. The molecule has 8 heteroatoms. The first-order valence-corrected chi connectivity index (χ1v) is 8.25. The van der Waals surface area contributed by atoms with E-state index in [-0.39, 0.29) is 17.9 Å². The summed E-state index contributed by atoms with van der Waals surface area (Å²) in [5, 5.41) is 5.32. The number of benzene rings is 2. The van der Waals surface area contributed by atoms with Gasteiger partial charge in [-0.1, -0.05) is 12.1 Å². The molecule has 0 aliphatic carbocycles. The van der Waals surface area contributed by atoms with Gasteiger partial charge in [-0.15, -0.1) is 0 Å². The summed E-state index contributed by atoms with van der Waals surface area (Å²) >= 11 is 0. The van der Waals surface area contributed by atoms with Gasteiger partial charge in [0, 0.05) is 18.4 Å². The molecule has 0 aliphatic heterocycles. The predicted octanol–water partition coefficient (Wildman–Crippen LogP) is 4.18. The number of carbonyl (C=O) groups excluding carboxylic acids is 1. The zero-order valence-corrected chi connectivity index (χ0v) is 14.8. The molecule has 144 valence electrons. The van der Waals surface area contributed by atoms with Crippen LogP contribution in [0.15, 0.2) is 54.7 Å². The van der Waals surface area contributed by atoms with Gasteiger partial charge in [-0.3, -0.25) is 9.78 Å². The van der Waals surface area contributed by atoms with E-state index in [1.54, 1.807) is 19.2 Å². The van der Waals surface area contributed by atoms with Crippen molar-refractivity contribution >= 4 is 17.3 Å². The van der Waals surface area contributed by atoms with Crippen LogP contribution in [0.4, 0.5) is 24.5 Å². The quantitative estimate of drug-likeness (QED) is 0.623. The van der Waals surface area contributed by atoms with Crippen LogP contribution in [0, 0.1) is 17.5 Å². The smallest absolute Gasteiger partial charge is 0.270 e. The lowest BCUT2D eigenvalue weighted by molar-refractivity contribution is 0.0946. The normalized spacial score (nSPS) is 10.4. The number of aromatic nitrogens is 1. The first-order chi connectivity index (χ1) is 13.5. The van der Waals surface area contributed by atoms with E-state index < -0.39 is 23.4 Å². The third-order valence-corrected chi connectivity index (χ3v) is 3.92. The van der Waals surface area contributed by atoms with Crippen molar-refractivity contribution in [2.45, 2.75) is 6.54 Å². The molecule has 1 heterocycles. The molecule has 0 bridgehead atoms. The number of amides is 1. The lowest BCUT2D eigenvalue weighted by Gasteiger charge is -2.10. The van der Waals surface area contributed by atoms with Crippen molar-refractivity contribution in [3.63, 3.8) is 0 Å². The fourth-order valence-electron chi connectivity index (χ4n) is 2.43. The van der Waals surface area contributed by atoms with Gasteiger partial charge in [0.1, 0.15) is 11.4 Å². The second-order valence-corrected chi connectivity index (χ2v) is 5.81. The Balaban J connectivity index is 1.68. The van der Waals surface area contributed by atoms with Crippen LogP contribution in [-0.4, -0.2) is 18.0 Å². The second-order valence-electron chi connectivity index (χ2n) is 5.81. The highest BCUT2D eigenvalue weighted by atomic mass is 19.2. The number of pyridine rings is 1. The predicted molar refractivity (Wildman–Crippen MR) is 98.0 cm³/mol. The topological polar surface area (TPSA) is 63.2 Å². The summed E-state index contributed by atoms with van der Waals surface area (Å²) in [6.07, 6.45) is 1.35. The summed E-state index contributed by atoms with van der Waals surface area (Å²) in [7, 11) is 1.57. The molecule has 2 aromatic carbocycles. The molecule has 0 saturated carbocycles. The number of carbonyl (C=O) groups is 1. The molecule has 5 nitrogen and oxygen atoms in total. The molecule has 1 aromatic heterocycles. The molecule has 0 saturated heterocycles. The van der Waals surface area contributed by atoms with Crippen molar-refractivity contribution in [3.05, 3.63) is 83.4 Å². The van der Waals surface area contributed by atoms with Gasteiger partial charge in [0.05, 0.1) is 12.8 Å². The Morgan fingerprint density at radius 3 is 2.50 bits per heavy atom. The van der Waals surface area contributed by atoms with Crippen LogP contribution in [0.5, 0.6) is 5.75 Å². The fraction of sp³-hybridized carbons (Fsp3) is 0.100. The van der Waals surface area contributed by atoms with Crippen LogP contribution in [0.25, 0.3) is 0 Å². The van der Waals surface area contributed by atoms with Crippen LogP contribution >= 0.6 is 0 Å². The summed E-state index contributed by atoms with van der Waals surface area (Å²) in [5.41, 5.74) is 0.998.